The third-order valence-electron chi connectivity index (χ3n) is 3.03. The van der Waals surface area contributed by atoms with Crippen molar-refractivity contribution in [3.8, 4) is 0 Å². The largest absolute Gasteiger partial charge is 0.317 e. The number of nitrogens with one attached hydrogen (secondary N) is 1. The van der Waals surface area contributed by atoms with Gasteiger partial charge in [-0.2, -0.15) is 11.8 Å². The molecule has 0 radical (unpaired) electrons. The molecule has 0 spiro atoms. The molecular weight excluding hydrogens is 192 g/mol. The molecule has 0 amide bonds. The quantitative estimate of drug-likeness (QED) is 0.727. The van der Waals surface area contributed by atoms with Crippen molar-refractivity contribution in [2.24, 2.45) is 5.92 Å². The summed E-state index contributed by atoms with van der Waals surface area (Å²) in [6, 6.07) is 0.761. The molecule has 0 aromatic carbocycles. The molecule has 2 unspecified atom stereocenters. The third kappa shape index (κ3) is 3.79. The van der Waals surface area contributed by atoms with E-state index < -0.39 is 0 Å². The minimum atomic E-state index is 0.761. The van der Waals surface area contributed by atoms with Gasteiger partial charge in [-0.05, 0) is 45.2 Å². The molecule has 1 rings (SSSR count). The highest BCUT2D eigenvalue weighted by Gasteiger charge is 2.24. The van der Waals surface area contributed by atoms with E-state index in [-0.39, 0.29) is 0 Å². The lowest BCUT2D eigenvalue weighted by atomic mass is 10.1. The summed E-state index contributed by atoms with van der Waals surface area (Å²) >= 11 is 1.96. The lowest BCUT2D eigenvalue weighted by Crippen LogP contribution is -2.34. The molecule has 84 valence electrons. The summed E-state index contributed by atoms with van der Waals surface area (Å²) in [6.45, 7) is 9.46. The maximum atomic E-state index is 3.45. The average molecular weight is 216 g/mol. The van der Waals surface area contributed by atoms with Crippen molar-refractivity contribution < 1.29 is 0 Å². The first-order valence-corrected chi connectivity index (χ1v) is 7.11. The summed E-state index contributed by atoms with van der Waals surface area (Å²) in [5.41, 5.74) is 0. The second-order valence-electron chi connectivity index (χ2n) is 4.26. The van der Waals surface area contributed by atoms with Gasteiger partial charge < -0.3 is 5.32 Å². The zero-order valence-corrected chi connectivity index (χ0v) is 10.6. The van der Waals surface area contributed by atoms with E-state index in [9.17, 15) is 0 Å². The van der Waals surface area contributed by atoms with Gasteiger partial charge in [-0.25, -0.2) is 0 Å². The van der Waals surface area contributed by atoms with E-state index in [0.29, 0.717) is 0 Å². The van der Waals surface area contributed by atoms with Crippen LogP contribution in [0.15, 0.2) is 0 Å². The van der Waals surface area contributed by atoms with Gasteiger partial charge in [0.15, 0.2) is 0 Å². The van der Waals surface area contributed by atoms with Crippen LogP contribution >= 0.6 is 11.8 Å². The molecule has 0 aliphatic carbocycles. The molecule has 14 heavy (non-hydrogen) atoms. The zero-order valence-electron chi connectivity index (χ0n) is 9.75. The molecule has 1 N–H and O–H groups in total. The molecule has 2 nitrogen and oxygen atoms in total. The van der Waals surface area contributed by atoms with Crippen molar-refractivity contribution in [3.05, 3.63) is 0 Å². The summed E-state index contributed by atoms with van der Waals surface area (Å²) in [5.74, 6) is 2.16. The van der Waals surface area contributed by atoms with Crippen molar-refractivity contribution in [1.29, 1.82) is 0 Å². The number of likely N-dealkylation sites (tertiary alicyclic amines) is 1. The predicted molar refractivity (Wildman–Crippen MR) is 66.1 cm³/mol. The van der Waals surface area contributed by atoms with Gasteiger partial charge in [0.1, 0.15) is 0 Å². The summed E-state index contributed by atoms with van der Waals surface area (Å²) in [5, 5.41) is 3.45. The molecule has 0 bridgehead atoms. The Bertz CT molecular complexity index is 152. The maximum Gasteiger partial charge on any atom is 0.0158 e. The number of hydrogen-bond donors (Lipinski definition) is 1. The molecule has 3 heteroatoms. The zero-order chi connectivity index (χ0) is 10.4. The molecule has 1 fully saturated rings. The van der Waals surface area contributed by atoms with Gasteiger partial charge in [-0.15, -0.1) is 0 Å². The smallest absolute Gasteiger partial charge is 0.0158 e. The molecular formula is C11H24N2S. The molecule has 0 saturated carbocycles. The maximum absolute atomic E-state index is 3.45. The Kier molecular flexibility index (Phi) is 5.90. The first kappa shape index (κ1) is 12.3. The Morgan fingerprint density at radius 2 is 2.36 bits per heavy atom. The van der Waals surface area contributed by atoms with Gasteiger partial charge in [0.25, 0.3) is 0 Å². The van der Waals surface area contributed by atoms with Crippen LogP contribution in [-0.4, -0.2) is 49.1 Å². The minimum Gasteiger partial charge on any atom is -0.317 e. The Morgan fingerprint density at radius 1 is 1.57 bits per heavy atom. The molecule has 2 atom stereocenters. The van der Waals surface area contributed by atoms with Gasteiger partial charge >= 0.3 is 0 Å². The molecule has 1 saturated heterocycles. The fourth-order valence-electron chi connectivity index (χ4n) is 2.12. The average Bonchev–Trinajstić information content (AvgIpc) is 2.63. The van der Waals surface area contributed by atoms with Crippen LogP contribution in [0.3, 0.4) is 0 Å². The number of rotatable bonds is 6. The minimum absolute atomic E-state index is 0.761. The Hall–Kier alpha value is 0.270. The summed E-state index contributed by atoms with van der Waals surface area (Å²) in [6.07, 6.45) is 3.58. The highest BCUT2D eigenvalue weighted by atomic mass is 32.2. The first-order valence-electron chi connectivity index (χ1n) is 5.71. The Balaban J connectivity index is 2.19. The van der Waals surface area contributed by atoms with Gasteiger partial charge in [-0.1, -0.05) is 6.92 Å². The topological polar surface area (TPSA) is 15.3 Å². The molecule has 0 aromatic heterocycles. The van der Waals surface area contributed by atoms with Crippen LogP contribution in [0.25, 0.3) is 0 Å². The molecule has 1 aliphatic rings. The second kappa shape index (κ2) is 6.70. The van der Waals surface area contributed by atoms with E-state index in [1.54, 1.807) is 0 Å². The number of nitrogens with zero attached hydrogens (tertiary/aromatic N) is 1. The second-order valence-corrected chi connectivity index (χ2v) is 5.17. The summed E-state index contributed by atoms with van der Waals surface area (Å²) < 4.78 is 0. The molecule has 0 aromatic rings. The fraction of sp³-hybridized carbons (Fsp3) is 1.00. The number of thioether (sulfide) groups is 1. The van der Waals surface area contributed by atoms with Crippen LogP contribution in [0, 0.1) is 5.92 Å². The fourth-order valence-corrected chi connectivity index (χ4v) is 2.82. The third-order valence-corrected chi connectivity index (χ3v) is 3.85. The van der Waals surface area contributed by atoms with E-state index >= 15 is 0 Å². The monoisotopic (exact) mass is 216 g/mol. The van der Waals surface area contributed by atoms with Crippen LogP contribution in [0.1, 0.15) is 20.3 Å². The number of hydrogen-bond acceptors (Lipinski definition) is 3. The normalized spacial score (nSPS) is 25.5. The van der Waals surface area contributed by atoms with Crippen molar-refractivity contribution in [1.82, 2.24) is 10.2 Å². The van der Waals surface area contributed by atoms with E-state index in [1.807, 2.05) is 11.8 Å². The first-order chi connectivity index (χ1) is 6.77. The highest BCUT2D eigenvalue weighted by molar-refractivity contribution is 7.98. The summed E-state index contributed by atoms with van der Waals surface area (Å²) in [4.78, 5) is 2.64. The van der Waals surface area contributed by atoms with Crippen LogP contribution < -0.4 is 5.32 Å². The van der Waals surface area contributed by atoms with Crippen LogP contribution in [-0.2, 0) is 0 Å². The van der Waals surface area contributed by atoms with Gasteiger partial charge in [-0.3, -0.25) is 4.90 Å². The summed E-state index contributed by atoms with van der Waals surface area (Å²) in [7, 11) is 0. The lowest BCUT2D eigenvalue weighted by Gasteiger charge is -2.23. The van der Waals surface area contributed by atoms with Crippen molar-refractivity contribution in [3.63, 3.8) is 0 Å². The van der Waals surface area contributed by atoms with Crippen molar-refractivity contribution in [2.75, 3.05) is 38.2 Å². The van der Waals surface area contributed by atoms with Gasteiger partial charge in [0.2, 0.25) is 0 Å². The molecule has 1 heterocycles. The lowest BCUT2D eigenvalue weighted by molar-refractivity contribution is 0.268. The van der Waals surface area contributed by atoms with Crippen molar-refractivity contribution >= 4 is 11.8 Å². The van der Waals surface area contributed by atoms with Crippen LogP contribution in [0.5, 0.6) is 0 Å². The molecule has 1 aliphatic heterocycles. The highest BCUT2D eigenvalue weighted by Crippen LogP contribution is 2.19. The van der Waals surface area contributed by atoms with Crippen molar-refractivity contribution in [2.45, 2.75) is 26.3 Å². The Morgan fingerprint density at radius 3 is 3.00 bits per heavy atom. The van der Waals surface area contributed by atoms with E-state index in [4.69, 9.17) is 0 Å². The van der Waals surface area contributed by atoms with E-state index in [1.165, 1.54) is 31.8 Å². The SMILES string of the molecule is CCNCC1CCN(C(C)CSC)C1. The van der Waals surface area contributed by atoms with Gasteiger partial charge in [0, 0.05) is 18.3 Å². The van der Waals surface area contributed by atoms with Gasteiger partial charge in [0.05, 0.1) is 0 Å². The van der Waals surface area contributed by atoms with Crippen LogP contribution in [0.2, 0.25) is 0 Å². The predicted octanol–water partition coefficient (Wildman–Crippen LogP) is 1.67. The van der Waals surface area contributed by atoms with Crippen LogP contribution in [0.4, 0.5) is 0 Å². The Labute approximate surface area is 92.8 Å². The standard InChI is InChI=1S/C11H24N2S/c1-4-12-7-11-5-6-13(8-11)10(2)9-14-3/h10-12H,4-9H2,1-3H3. The van der Waals surface area contributed by atoms with E-state index in [0.717, 1.165) is 18.5 Å². The van der Waals surface area contributed by atoms with E-state index in [2.05, 4.69) is 30.3 Å².